The molecule has 1 unspecified atom stereocenters. The number of aliphatic hydroxyl groups is 1. The van der Waals surface area contributed by atoms with Crippen molar-refractivity contribution in [3.8, 4) is 11.1 Å². The predicted octanol–water partition coefficient (Wildman–Crippen LogP) is 8.73. The highest BCUT2D eigenvalue weighted by Gasteiger charge is 2.33. The van der Waals surface area contributed by atoms with Crippen molar-refractivity contribution in [2.24, 2.45) is 0 Å². The van der Waals surface area contributed by atoms with Crippen LogP contribution in [0.15, 0.2) is 95.7 Å². The lowest BCUT2D eigenvalue weighted by Crippen LogP contribution is -2.50. The summed E-state index contributed by atoms with van der Waals surface area (Å²) in [6, 6.07) is -28.4. The van der Waals surface area contributed by atoms with Crippen molar-refractivity contribution in [2.45, 2.75) is 50.2 Å². The summed E-state index contributed by atoms with van der Waals surface area (Å²) in [6.45, 7) is -22.1. The Bertz CT molecular complexity index is 3450. The second kappa shape index (κ2) is 16.8. The lowest BCUT2D eigenvalue weighted by molar-refractivity contribution is -0.137. The van der Waals surface area contributed by atoms with Crippen LogP contribution in [-0.2, 0) is 27.9 Å². The number of carbonyl (C=O) groups excluding carboxylic acids is 1. The van der Waals surface area contributed by atoms with Gasteiger partial charge in [0.2, 0.25) is 5.91 Å². The molecule has 280 valence electrons. The number of piperidine rings is 1. The number of benzene rings is 4. The van der Waals surface area contributed by atoms with Gasteiger partial charge in [-0.15, -0.1) is 11.8 Å². The van der Waals surface area contributed by atoms with Gasteiger partial charge in [-0.25, -0.2) is 8.78 Å². The van der Waals surface area contributed by atoms with Crippen LogP contribution in [-0.4, -0.2) is 66.5 Å². The molecule has 0 aliphatic carbocycles. The molecule has 2 heterocycles. The van der Waals surface area contributed by atoms with Crippen LogP contribution < -0.4 is 4.90 Å². The number of rotatable bonds is 12. The number of carbonyl (C=O) groups is 1. The van der Waals surface area contributed by atoms with Gasteiger partial charge in [0.1, 0.15) is 12.6 Å². The van der Waals surface area contributed by atoms with Gasteiger partial charge in [0.15, 0.2) is 11.6 Å². The van der Waals surface area contributed by atoms with E-state index >= 15 is 13.6 Å². The normalized spacial score (nSPS) is 31.3. The second-order valence-corrected chi connectivity index (χ2v) is 11.0. The largest absolute Gasteiger partial charge is 0.416 e. The average molecular weight is 785 g/mol. The number of fused-ring (bicyclic) bond motifs is 1. The minimum absolute atomic E-state index is 0.00262. The molecular formula is C41H42F5N3O3S. The van der Waals surface area contributed by atoms with Gasteiger partial charge in [-0.1, -0.05) is 60.4 Å². The number of para-hydroxylation sites is 1. The van der Waals surface area contributed by atoms with E-state index in [1.165, 1.54) is 0 Å². The van der Waals surface area contributed by atoms with Gasteiger partial charge in [-0.05, 0) is 72.1 Å². The highest BCUT2D eigenvalue weighted by molar-refractivity contribution is 8.02. The topological polar surface area (TPSA) is 56.3 Å². The number of methoxy groups -OCH3 is 1. The standard InChI is InChI=1S/C41H42F5N3O3S/c1-27-22-29(28-12-14-32(15-13-28)41(44,45)46)10-11-30(27)24-48(33-16-18-47(19-17-33)20-21-52-2)38(51)25-49-36-9-4-3-7-34(36)37(50)23-39(49)53-26-31-6-5-8-35(42)40(31)43/h3-15,22-23,33,37,50H,16-21,24-26H2,1-2H3/i2D3,3D,4D,5D,6D,7D,8D,9D,10D,11D,12D,13D,14D,15D,16D2,17D2,18D2,19D2,20D2,22D,23D,24D2,26D2,33D. The van der Waals surface area contributed by atoms with Crippen LogP contribution >= 0.6 is 11.8 Å². The van der Waals surface area contributed by atoms with E-state index in [1.807, 2.05) is 0 Å². The van der Waals surface area contributed by atoms with Crippen molar-refractivity contribution in [3.63, 3.8) is 0 Å². The maximum atomic E-state index is 16.0. The van der Waals surface area contributed by atoms with Gasteiger partial charge >= 0.3 is 6.18 Å². The zero-order valence-electron chi connectivity index (χ0n) is 59.4. The Kier molecular flexibility index (Phi) is 4.70. The minimum atomic E-state index is -5.58. The Hall–Kier alpha value is -4.23. The van der Waals surface area contributed by atoms with Crippen LogP contribution in [0.4, 0.5) is 27.6 Å². The maximum absolute atomic E-state index is 16.0. The van der Waals surface area contributed by atoms with Crippen LogP contribution in [0.25, 0.3) is 11.1 Å². The van der Waals surface area contributed by atoms with Crippen LogP contribution in [0.3, 0.4) is 0 Å². The minimum Gasteiger partial charge on any atom is -0.384 e. The Balaban J connectivity index is 1.78. The molecule has 2 aliphatic heterocycles. The molecule has 1 saturated heterocycles. The number of likely N-dealkylation sites (tertiary alicyclic amines) is 1. The first kappa shape index (κ1) is 14.8. The van der Waals surface area contributed by atoms with Gasteiger partial charge in [-0.3, -0.25) is 4.79 Å². The Morgan fingerprint density at radius 3 is 2.53 bits per heavy atom. The number of nitrogens with zero attached hydrogens (tertiary/aromatic N) is 3. The van der Waals surface area contributed by atoms with E-state index in [0.29, 0.717) is 6.92 Å². The van der Waals surface area contributed by atoms with Gasteiger partial charge in [-0.2, -0.15) is 13.2 Å². The molecule has 2 aliphatic rings. The fraction of sp³-hybridized carbons (Fsp3) is 0.341. The maximum Gasteiger partial charge on any atom is 0.416 e. The molecule has 6 nitrogen and oxygen atoms in total. The van der Waals surface area contributed by atoms with E-state index in [9.17, 15) is 29.2 Å². The predicted molar refractivity (Wildman–Crippen MR) is 198 cm³/mol. The van der Waals surface area contributed by atoms with Crippen molar-refractivity contribution in [3.05, 3.63) is 135 Å². The average Bonchev–Trinajstić information content (AvgIpc) is 0.658. The van der Waals surface area contributed by atoms with E-state index in [-0.39, 0.29) is 4.90 Å². The Morgan fingerprint density at radius 1 is 1.06 bits per heavy atom. The third-order valence-corrected chi connectivity index (χ3v) is 7.62. The quantitative estimate of drug-likeness (QED) is 0.145. The smallest absolute Gasteiger partial charge is 0.384 e. The summed E-state index contributed by atoms with van der Waals surface area (Å²) in [6.07, 6.45) is -18.3. The number of thioether (sulfide) groups is 1. The summed E-state index contributed by atoms with van der Waals surface area (Å²) < 4.78 is 365. The molecule has 0 bridgehead atoms. The molecule has 0 spiro atoms. The third kappa shape index (κ3) is 9.12. The van der Waals surface area contributed by atoms with Crippen LogP contribution in [0.5, 0.6) is 0 Å². The van der Waals surface area contributed by atoms with Crippen LogP contribution in [0, 0.1) is 18.6 Å². The summed E-state index contributed by atoms with van der Waals surface area (Å²) in [7, 11) is -3.61. The zero-order chi connectivity index (χ0) is 66.7. The number of ether oxygens (including phenoxy) is 1. The van der Waals surface area contributed by atoms with Crippen molar-refractivity contribution < 1.29 is 81.8 Å². The number of alkyl halides is 3. The van der Waals surface area contributed by atoms with Crippen molar-refractivity contribution in [2.75, 3.05) is 44.6 Å². The van der Waals surface area contributed by atoms with E-state index < -0.39 is 262 Å². The first-order valence-corrected chi connectivity index (χ1v) is 15.3. The molecular weight excluding hydrogens is 710 g/mol. The first-order chi connectivity index (χ1) is 38.5. The van der Waals surface area contributed by atoms with Gasteiger partial charge in [0.05, 0.1) is 46.0 Å². The van der Waals surface area contributed by atoms with E-state index in [2.05, 4.69) is 4.74 Å². The molecule has 12 heteroatoms. The van der Waals surface area contributed by atoms with E-state index in [0.717, 1.165) is 0 Å². The number of hydrogen-bond acceptors (Lipinski definition) is 6. The van der Waals surface area contributed by atoms with Gasteiger partial charge < -0.3 is 24.5 Å². The fourth-order valence-electron chi connectivity index (χ4n) is 4.31. The number of amides is 1. The molecule has 1 amide bonds. The molecule has 0 aromatic heterocycles. The Morgan fingerprint density at radius 2 is 1.79 bits per heavy atom. The highest BCUT2D eigenvalue weighted by Crippen LogP contribution is 2.41. The van der Waals surface area contributed by atoms with Crippen LogP contribution in [0.1, 0.15) is 91.9 Å². The summed E-state index contributed by atoms with van der Waals surface area (Å²) in [4.78, 5) is 13.9. The van der Waals surface area contributed by atoms with Crippen molar-refractivity contribution in [1.29, 1.82) is 0 Å². The first-order valence-electron chi connectivity index (χ1n) is 30.9. The summed E-state index contributed by atoms with van der Waals surface area (Å²) >= 11 is -0.661. The molecule has 4 aromatic rings. The van der Waals surface area contributed by atoms with Gasteiger partial charge in [0, 0.05) is 78.0 Å². The lowest BCUT2D eigenvalue weighted by atomic mass is 9.97. The number of hydrogen-bond donors (Lipinski definition) is 1. The van der Waals surface area contributed by atoms with Crippen molar-refractivity contribution >= 4 is 23.4 Å². The lowest BCUT2D eigenvalue weighted by Gasteiger charge is -2.41. The number of halogens is 5. The third-order valence-electron chi connectivity index (χ3n) is 6.78. The SMILES string of the molecule is [2H]C1=C(SC([2H])([2H])c2c([2H])c([2H])c([2H])c(F)c2F)N(CC(=O)N(C([2H])([2H])c2c([2H])c([2H])c(-c3c([2H])c([2H])c(C(F)(F)F)c([2H])c3[2H])c([2H])c2C)C2([2H])C([2H])([2H])C([2H])([2H])N(C([2H])([2H])COC([2H])([2H])[2H])C([2H])([2H])C2([2H])[2H])c2c([2H])c([2H])c([2H])c([2H])c2C1O. The molecule has 6 rings (SSSR count). The molecule has 0 radical (unpaired) electrons. The summed E-state index contributed by atoms with van der Waals surface area (Å²) in [5.41, 5.74) is -15.8. The zero-order valence-corrected chi connectivity index (χ0v) is 27.2. The number of aliphatic hydroxyl groups excluding tert-OH is 1. The van der Waals surface area contributed by atoms with E-state index in [1.54, 1.807) is 0 Å². The molecule has 1 atom stereocenters. The highest BCUT2D eigenvalue weighted by atomic mass is 32.2. The molecule has 0 saturated carbocycles. The molecule has 53 heavy (non-hydrogen) atoms. The van der Waals surface area contributed by atoms with Crippen LogP contribution in [0.2, 0.25) is 0 Å². The van der Waals surface area contributed by atoms with E-state index in [4.69, 9.17) is 34.3 Å². The number of anilines is 1. The Labute approximate surface area is 357 Å². The molecule has 1 N–H and O–H groups in total. The molecule has 1 fully saturated rings. The monoisotopic (exact) mass is 784 g/mol. The fourth-order valence-corrected chi connectivity index (χ4v) is 5.09. The summed E-state index contributed by atoms with van der Waals surface area (Å²) in [5, 5.41) is 10.1. The second-order valence-electron chi connectivity index (χ2n) is 10.2. The summed E-state index contributed by atoms with van der Waals surface area (Å²) in [5.74, 6) is -7.17. The molecule has 4 aromatic carbocycles. The van der Waals surface area contributed by atoms with Gasteiger partial charge in [0.25, 0.3) is 0 Å². The van der Waals surface area contributed by atoms with Crippen molar-refractivity contribution in [1.82, 2.24) is 9.80 Å².